The lowest BCUT2D eigenvalue weighted by molar-refractivity contribution is -0.137. The van der Waals surface area contributed by atoms with Gasteiger partial charge in [-0.25, -0.2) is 0 Å². The number of carboxylic acids is 1. The molecule has 0 amide bonds. The number of hydrogen-bond acceptors (Lipinski definition) is 2. The number of aliphatic carboxylic acids is 1. The van der Waals surface area contributed by atoms with Gasteiger partial charge < -0.3 is 9.84 Å². The molecule has 3 nitrogen and oxygen atoms in total. The van der Waals surface area contributed by atoms with Crippen LogP contribution in [0.25, 0.3) is 0 Å². The van der Waals surface area contributed by atoms with E-state index in [-0.39, 0.29) is 0 Å². The summed E-state index contributed by atoms with van der Waals surface area (Å²) < 4.78 is 4.94. The smallest absolute Gasteiger partial charge is 0.303 e. The molecular weight excluding hydrogens is 216 g/mol. The summed E-state index contributed by atoms with van der Waals surface area (Å²) in [5.74, 6) is -0.711. The van der Waals surface area contributed by atoms with Crippen molar-refractivity contribution < 1.29 is 14.6 Å². The highest BCUT2D eigenvalue weighted by Gasteiger charge is 1.94. The number of carbonyl (C=O) groups is 1. The highest BCUT2D eigenvalue weighted by atomic mass is 16.5. The first-order chi connectivity index (χ1) is 8.18. The van der Waals surface area contributed by atoms with E-state index in [0.29, 0.717) is 6.42 Å². The second-order valence-corrected chi connectivity index (χ2v) is 4.17. The van der Waals surface area contributed by atoms with Crippen LogP contribution in [0.1, 0.15) is 72.1 Å². The van der Waals surface area contributed by atoms with Crippen LogP contribution in [-0.4, -0.2) is 24.3 Å². The van der Waals surface area contributed by atoms with E-state index in [9.17, 15) is 4.79 Å². The molecule has 0 unspecified atom stereocenters. The zero-order valence-corrected chi connectivity index (χ0v) is 11.8. The van der Waals surface area contributed by atoms with Crippen LogP contribution in [0.2, 0.25) is 0 Å². The van der Waals surface area contributed by atoms with Crippen LogP contribution in [0.3, 0.4) is 0 Å². The monoisotopic (exact) mass is 246 g/mol. The number of carboxylic acid groups (broad SMARTS) is 1. The molecule has 0 aromatic heterocycles. The topological polar surface area (TPSA) is 46.5 Å². The van der Waals surface area contributed by atoms with E-state index in [1.165, 1.54) is 38.5 Å². The van der Waals surface area contributed by atoms with Gasteiger partial charge in [0.25, 0.3) is 0 Å². The Labute approximate surface area is 107 Å². The summed E-state index contributed by atoms with van der Waals surface area (Å²) in [6, 6.07) is 0. The Morgan fingerprint density at radius 1 is 1.00 bits per heavy atom. The minimum absolute atomic E-state index is 0.292. The zero-order chi connectivity index (χ0) is 13.4. The molecule has 0 radical (unpaired) electrons. The number of hydrogen-bond donors (Lipinski definition) is 1. The van der Waals surface area contributed by atoms with Crippen molar-refractivity contribution in [3.63, 3.8) is 0 Å². The van der Waals surface area contributed by atoms with E-state index >= 15 is 0 Å². The highest BCUT2D eigenvalue weighted by Crippen LogP contribution is 1.98. The van der Waals surface area contributed by atoms with Crippen LogP contribution < -0.4 is 0 Å². The summed E-state index contributed by atoms with van der Waals surface area (Å²) in [6.07, 6.45) is 9.12. The second kappa shape index (κ2) is 17.8. The summed E-state index contributed by atoms with van der Waals surface area (Å²) >= 11 is 0. The molecule has 104 valence electrons. The molecule has 1 fully saturated rings. The van der Waals surface area contributed by atoms with Crippen LogP contribution in [0.4, 0.5) is 0 Å². The molecule has 1 aliphatic rings. The molecule has 1 rings (SSSR count). The molecule has 0 aromatic carbocycles. The predicted octanol–water partition coefficient (Wildman–Crippen LogP) is 4.25. The van der Waals surface area contributed by atoms with Gasteiger partial charge in [0.05, 0.1) is 0 Å². The molecule has 1 N–H and O–H groups in total. The van der Waals surface area contributed by atoms with Gasteiger partial charge in [0.2, 0.25) is 0 Å². The van der Waals surface area contributed by atoms with Crippen LogP contribution in [0.15, 0.2) is 0 Å². The fourth-order valence-electron chi connectivity index (χ4n) is 1.22. The lowest BCUT2D eigenvalue weighted by atomic mass is 10.2. The van der Waals surface area contributed by atoms with Gasteiger partial charge in [0, 0.05) is 19.6 Å². The summed E-state index contributed by atoms with van der Waals surface area (Å²) in [5.41, 5.74) is 0. The normalized spacial score (nSPS) is 13.1. The highest BCUT2D eigenvalue weighted by molar-refractivity contribution is 5.66. The van der Waals surface area contributed by atoms with Crippen molar-refractivity contribution in [3.05, 3.63) is 0 Å². The molecular formula is C14H30O3. The Hall–Kier alpha value is -0.570. The van der Waals surface area contributed by atoms with Gasteiger partial charge in [-0.15, -0.1) is 0 Å². The van der Waals surface area contributed by atoms with Gasteiger partial charge >= 0.3 is 5.97 Å². The van der Waals surface area contributed by atoms with Crippen molar-refractivity contribution in [2.75, 3.05) is 13.2 Å². The van der Waals surface area contributed by atoms with Crippen molar-refractivity contribution in [2.45, 2.75) is 72.1 Å². The lowest BCUT2D eigenvalue weighted by Gasteiger charge is -1.86. The van der Waals surface area contributed by atoms with Gasteiger partial charge in [-0.3, -0.25) is 4.79 Å². The van der Waals surface area contributed by atoms with Gasteiger partial charge in [-0.2, -0.15) is 0 Å². The fraction of sp³-hybridized carbons (Fsp3) is 0.929. The van der Waals surface area contributed by atoms with E-state index in [1.54, 1.807) is 0 Å². The molecule has 0 aliphatic carbocycles. The van der Waals surface area contributed by atoms with E-state index in [2.05, 4.69) is 13.8 Å². The van der Waals surface area contributed by atoms with Gasteiger partial charge in [0.1, 0.15) is 0 Å². The molecule has 0 saturated carbocycles. The Morgan fingerprint density at radius 2 is 1.47 bits per heavy atom. The average Bonchev–Trinajstić information content (AvgIpc) is 2.85. The standard InChI is InChI=1S/C6H14.C4H8O2.C4H8O/c1-3-5-6-4-2;1-2-3-4(5)6;1-2-4-5-3-1/h3-6H2,1-2H3;2-3H2,1H3,(H,5,6);1-4H2. The van der Waals surface area contributed by atoms with Crippen molar-refractivity contribution in [1.82, 2.24) is 0 Å². The minimum Gasteiger partial charge on any atom is -0.481 e. The second-order valence-electron chi connectivity index (χ2n) is 4.17. The minimum atomic E-state index is -0.711. The number of unbranched alkanes of at least 4 members (excludes halogenated alkanes) is 3. The van der Waals surface area contributed by atoms with Crippen LogP contribution in [0, 0.1) is 0 Å². The Morgan fingerprint density at radius 3 is 1.59 bits per heavy atom. The van der Waals surface area contributed by atoms with Crippen LogP contribution in [-0.2, 0) is 9.53 Å². The van der Waals surface area contributed by atoms with E-state index < -0.39 is 5.97 Å². The molecule has 1 saturated heterocycles. The van der Waals surface area contributed by atoms with Crippen molar-refractivity contribution in [2.24, 2.45) is 0 Å². The Bertz CT molecular complexity index is 131. The van der Waals surface area contributed by atoms with E-state index in [4.69, 9.17) is 9.84 Å². The Balaban J connectivity index is 0. The summed E-state index contributed by atoms with van der Waals surface area (Å²) in [7, 11) is 0. The molecule has 1 aliphatic heterocycles. The van der Waals surface area contributed by atoms with Gasteiger partial charge in [-0.05, 0) is 19.3 Å². The first-order valence-corrected chi connectivity index (χ1v) is 6.98. The van der Waals surface area contributed by atoms with Crippen molar-refractivity contribution >= 4 is 5.97 Å². The average molecular weight is 246 g/mol. The molecule has 0 bridgehead atoms. The van der Waals surface area contributed by atoms with E-state index in [0.717, 1.165) is 19.6 Å². The van der Waals surface area contributed by atoms with Gasteiger partial charge in [0.15, 0.2) is 0 Å². The first-order valence-electron chi connectivity index (χ1n) is 6.98. The maximum Gasteiger partial charge on any atom is 0.303 e. The fourth-order valence-corrected chi connectivity index (χ4v) is 1.22. The third-order valence-corrected chi connectivity index (χ3v) is 2.25. The van der Waals surface area contributed by atoms with E-state index in [1.807, 2.05) is 6.92 Å². The summed E-state index contributed by atoms with van der Waals surface area (Å²) in [5, 5.41) is 7.91. The molecule has 17 heavy (non-hydrogen) atoms. The maximum atomic E-state index is 9.60. The summed E-state index contributed by atoms with van der Waals surface area (Å²) in [6.45, 7) is 8.30. The number of rotatable bonds is 5. The first kappa shape index (κ1) is 18.8. The SMILES string of the molecule is C1CCOC1.CCCC(=O)O.CCCCCC. The largest absolute Gasteiger partial charge is 0.481 e. The van der Waals surface area contributed by atoms with Crippen LogP contribution in [0.5, 0.6) is 0 Å². The predicted molar refractivity (Wildman–Crippen MR) is 72.4 cm³/mol. The van der Waals surface area contributed by atoms with Crippen molar-refractivity contribution in [1.29, 1.82) is 0 Å². The zero-order valence-electron chi connectivity index (χ0n) is 11.8. The molecule has 0 aromatic rings. The van der Waals surface area contributed by atoms with Crippen molar-refractivity contribution in [3.8, 4) is 0 Å². The lowest BCUT2D eigenvalue weighted by Crippen LogP contribution is -1.90. The molecule has 0 atom stereocenters. The quantitative estimate of drug-likeness (QED) is 0.737. The number of ether oxygens (including phenoxy) is 1. The third-order valence-electron chi connectivity index (χ3n) is 2.25. The maximum absolute atomic E-state index is 9.60. The molecule has 1 heterocycles. The molecule has 0 spiro atoms. The van der Waals surface area contributed by atoms with Crippen LogP contribution >= 0.6 is 0 Å². The van der Waals surface area contributed by atoms with Gasteiger partial charge in [-0.1, -0.05) is 46.5 Å². The third kappa shape index (κ3) is 25.6. The Kier molecular flexibility index (Phi) is 19.7. The molecule has 3 heteroatoms. The summed E-state index contributed by atoms with van der Waals surface area (Å²) in [4.78, 5) is 9.60.